The zero-order valence-electron chi connectivity index (χ0n) is 10.7. The lowest BCUT2D eigenvalue weighted by Gasteiger charge is -2.33. The van der Waals surface area contributed by atoms with E-state index in [0.717, 1.165) is 18.0 Å². The molecule has 0 aliphatic carbocycles. The molecule has 2 fully saturated rings. The highest BCUT2D eigenvalue weighted by Crippen LogP contribution is 2.31. The van der Waals surface area contributed by atoms with Crippen LogP contribution in [-0.4, -0.2) is 35.6 Å². The average Bonchev–Trinajstić information content (AvgIpc) is 2.69. The van der Waals surface area contributed by atoms with Gasteiger partial charge >= 0.3 is 0 Å². The molecule has 2 saturated heterocycles. The SMILES string of the molecule is CC(C)C1CCCN1C1CNC(C)(C)C1. The Morgan fingerprint density at radius 2 is 2.07 bits per heavy atom. The van der Waals surface area contributed by atoms with Crippen molar-refractivity contribution in [1.29, 1.82) is 0 Å². The molecular formula is C13H26N2. The van der Waals surface area contributed by atoms with Crippen LogP contribution in [0.2, 0.25) is 0 Å². The molecule has 2 rings (SSSR count). The molecule has 0 spiro atoms. The zero-order chi connectivity index (χ0) is 11.1. The topological polar surface area (TPSA) is 15.3 Å². The molecule has 88 valence electrons. The summed E-state index contributed by atoms with van der Waals surface area (Å²) in [6.07, 6.45) is 4.13. The van der Waals surface area contributed by atoms with Gasteiger partial charge < -0.3 is 5.32 Å². The maximum absolute atomic E-state index is 3.64. The standard InChI is InChI=1S/C13H26N2/c1-10(2)12-6-5-7-15(12)11-8-13(3,4)14-9-11/h10-12,14H,5-9H2,1-4H3. The summed E-state index contributed by atoms with van der Waals surface area (Å²) in [4.78, 5) is 2.77. The third-order valence-electron chi connectivity index (χ3n) is 4.14. The Labute approximate surface area is 94.4 Å². The molecule has 0 amide bonds. The molecule has 1 N–H and O–H groups in total. The van der Waals surface area contributed by atoms with Crippen molar-refractivity contribution in [3.8, 4) is 0 Å². The highest BCUT2D eigenvalue weighted by atomic mass is 15.2. The van der Waals surface area contributed by atoms with Gasteiger partial charge in [-0.05, 0) is 45.6 Å². The van der Waals surface area contributed by atoms with Gasteiger partial charge in [-0.3, -0.25) is 4.90 Å². The summed E-state index contributed by atoms with van der Waals surface area (Å²) in [6.45, 7) is 11.9. The molecule has 0 aromatic rings. The van der Waals surface area contributed by atoms with Gasteiger partial charge in [0.25, 0.3) is 0 Å². The Hall–Kier alpha value is -0.0800. The molecule has 15 heavy (non-hydrogen) atoms. The van der Waals surface area contributed by atoms with E-state index in [-0.39, 0.29) is 0 Å². The second-order valence-electron chi connectivity index (χ2n) is 6.31. The van der Waals surface area contributed by atoms with Crippen LogP contribution in [0.4, 0.5) is 0 Å². The maximum Gasteiger partial charge on any atom is 0.0241 e. The minimum Gasteiger partial charge on any atom is -0.310 e. The minimum absolute atomic E-state index is 0.356. The second kappa shape index (κ2) is 4.06. The van der Waals surface area contributed by atoms with Crippen LogP contribution in [0.25, 0.3) is 0 Å². The molecule has 0 aromatic carbocycles. The number of hydrogen-bond acceptors (Lipinski definition) is 2. The van der Waals surface area contributed by atoms with Crippen molar-refractivity contribution in [2.75, 3.05) is 13.1 Å². The fourth-order valence-corrected chi connectivity index (χ4v) is 3.35. The lowest BCUT2D eigenvalue weighted by Crippen LogP contribution is -2.42. The minimum atomic E-state index is 0.356. The molecule has 2 heteroatoms. The van der Waals surface area contributed by atoms with Crippen LogP contribution in [0, 0.1) is 5.92 Å². The van der Waals surface area contributed by atoms with Crippen LogP contribution < -0.4 is 5.32 Å². The fourth-order valence-electron chi connectivity index (χ4n) is 3.35. The maximum atomic E-state index is 3.64. The van der Waals surface area contributed by atoms with Crippen LogP contribution in [-0.2, 0) is 0 Å². The van der Waals surface area contributed by atoms with Gasteiger partial charge in [-0.15, -0.1) is 0 Å². The van der Waals surface area contributed by atoms with Gasteiger partial charge in [0.2, 0.25) is 0 Å². The van der Waals surface area contributed by atoms with Crippen LogP contribution in [0.1, 0.15) is 47.0 Å². The van der Waals surface area contributed by atoms with Gasteiger partial charge in [-0.2, -0.15) is 0 Å². The molecule has 0 aromatic heterocycles. The van der Waals surface area contributed by atoms with E-state index < -0.39 is 0 Å². The number of nitrogens with one attached hydrogen (secondary N) is 1. The summed E-state index contributed by atoms with van der Waals surface area (Å²) in [5.41, 5.74) is 0.356. The van der Waals surface area contributed by atoms with Gasteiger partial charge in [-0.25, -0.2) is 0 Å². The Morgan fingerprint density at radius 1 is 1.33 bits per heavy atom. The number of hydrogen-bond donors (Lipinski definition) is 1. The Kier molecular flexibility index (Phi) is 3.09. The van der Waals surface area contributed by atoms with Crippen molar-refractivity contribution < 1.29 is 0 Å². The zero-order valence-corrected chi connectivity index (χ0v) is 10.7. The average molecular weight is 210 g/mol. The summed E-state index contributed by atoms with van der Waals surface area (Å²) in [5, 5.41) is 3.64. The predicted octanol–water partition coefficient (Wildman–Crippen LogP) is 2.25. The lowest BCUT2D eigenvalue weighted by atomic mass is 9.97. The normalized spacial score (nSPS) is 36.6. The molecule has 2 atom stereocenters. The monoisotopic (exact) mass is 210 g/mol. The van der Waals surface area contributed by atoms with Crippen LogP contribution in [0.5, 0.6) is 0 Å². The van der Waals surface area contributed by atoms with E-state index in [1.54, 1.807) is 0 Å². The van der Waals surface area contributed by atoms with Crippen molar-refractivity contribution in [3.05, 3.63) is 0 Å². The third-order valence-corrected chi connectivity index (χ3v) is 4.14. The molecule has 2 aliphatic rings. The highest BCUT2D eigenvalue weighted by molar-refractivity contribution is 4.98. The molecule has 0 bridgehead atoms. The third kappa shape index (κ3) is 2.36. The van der Waals surface area contributed by atoms with Crippen molar-refractivity contribution in [1.82, 2.24) is 10.2 Å². The molecule has 0 radical (unpaired) electrons. The van der Waals surface area contributed by atoms with Crippen LogP contribution in [0.3, 0.4) is 0 Å². The Bertz CT molecular complexity index is 223. The van der Waals surface area contributed by atoms with Gasteiger partial charge in [-0.1, -0.05) is 13.8 Å². The first kappa shape index (κ1) is 11.4. The fraction of sp³-hybridized carbons (Fsp3) is 1.00. The highest BCUT2D eigenvalue weighted by Gasteiger charge is 2.39. The van der Waals surface area contributed by atoms with E-state index in [4.69, 9.17) is 0 Å². The summed E-state index contributed by atoms with van der Waals surface area (Å²) < 4.78 is 0. The first-order chi connectivity index (χ1) is 6.99. The predicted molar refractivity (Wildman–Crippen MR) is 65.1 cm³/mol. The molecule has 2 heterocycles. The summed E-state index contributed by atoms with van der Waals surface area (Å²) in [7, 11) is 0. The first-order valence-electron chi connectivity index (χ1n) is 6.50. The first-order valence-corrected chi connectivity index (χ1v) is 6.50. The van der Waals surface area contributed by atoms with Crippen LogP contribution >= 0.6 is 0 Å². The Balaban J connectivity index is 1.99. The summed E-state index contributed by atoms with van der Waals surface area (Å²) in [6, 6.07) is 1.63. The Morgan fingerprint density at radius 3 is 2.60 bits per heavy atom. The number of nitrogens with zero attached hydrogens (tertiary/aromatic N) is 1. The van der Waals surface area contributed by atoms with Crippen molar-refractivity contribution in [2.24, 2.45) is 5.92 Å². The summed E-state index contributed by atoms with van der Waals surface area (Å²) >= 11 is 0. The molecule has 0 saturated carbocycles. The molecule has 2 nitrogen and oxygen atoms in total. The largest absolute Gasteiger partial charge is 0.310 e. The van der Waals surface area contributed by atoms with Crippen molar-refractivity contribution in [2.45, 2.75) is 64.6 Å². The van der Waals surface area contributed by atoms with Gasteiger partial charge in [0.05, 0.1) is 0 Å². The molecular weight excluding hydrogens is 184 g/mol. The molecule has 2 unspecified atom stereocenters. The number of likely N-dealkylation sites (tertiary alicyclic amines) is 1. The smallest absolute Gasteiger partial charge is 0.0241 e. The van der Waals surface area contributed by atoms with E-state index in [2.05, 4.69) is 37.9 Å². The summed E-state index contributed by atoms with van der Waals surface area (Å²) in [5.74, 6) is 0.816. The molecule has 2 aliphatic heterocycles. The quantitative estimate of drug-likeness (QED) is 0.752. The van der Waals surface area contributed by atoms with E-state index >= 15 is 0 Å². The van der Waals surface area contributed by atoms with Gasteiger partial charge in [0, 0.05) is 24.2 Å². The second-order valence-corrected chi connectivity index (χ2v) is 6.31. The van der Waals surface area contributed by atoms with E-state index in [1.807, 2.05) is 0 Å². The van der Waals surface area contributed by atoms with E-state index in [9.17, 15) is 0 Å². The van der Waals surface area contributed by atoms with Gasteiger partial charge in [0.1, 0.15) is 0 Å². The van der Waals surface area contributed by atoms with E-state index in [1.165, 1.54) is 32.4 Å². The van der Waals surface area contributed by atoms with E-state index in [0.29, 0.717) is 5.54 Å². The van der Waals surface area contributed by atoms with Crippen molar-refractivity contribution >= 4 is 0 Å². The van der Waals surface area contributed by atoms with Gasteiger partial charge in [0.15, 0.2) is 0 Å². The number of rotatable bonds is 2. The van der Waals surface area contributed by atoms with Crippen molar-refractivity contribution in [3.63, 3.8) is 0 Å². The van der Waals surface area contributed by atoms with Crippen LogP contribution in [0.15, 0.2) is 0 Å². The lowest BCUT2D eigenvalue weighted by molar-refractivity contribution is 0.151.